The van der Waals surface area contributed by atoms with Crippen LogP contribution in [0.3, 0.4) is 0 Å². The molecule has 2 aromatic carbocycles. The van der Waals surface area contributed by atoms with Gasteiger partial charge in [-0.05, 0) is 49.2 Å². The highest BCUT2D eigenvalue weighted by molar-refractivity contribution is 6.12. The first-order chi connectivity index (χ1) is 12.5. The number of aliphatic imine (C=N–C) groups is 1. The van der Waals surface area contributed by atoms with Gasteiger partial charge in [-0.15, -0.1) is 0 Å². The largest absolute Gasteiger partial charge is 0.427 e. The Morgan fingerprint density at radius 1 is 1.19 bits per heavy atom. The minimum absolute atomic E-state index is 0.206. The molecule has 0 N–H and O–H groups in total. The number of benzene rings is 2. The van der Waals surface area contributed by atoms with E-state index in [0.29, 0.717) is 17.7 Å². The molecule has 0 saturated carbocycles. The molecule has 26 heavy (non-hydrogen) atoms. The van der Waals surface area contributed by atoms with Crippen LogP contribution in [0.5, 0.6) is 5.75 Å². The Bertz CT molecular complexity index is 894. The van der Waals surface area contributed by atoms with Crippen LogP contribution in [0, 0.1) is 6.92 Å². The van der Waals surface area contributed by atoms with Gasteiger partial charge in [0.1, 0.15) is 5.75 Å². The topological polar surface area (TPSA) is 65.0 Å². The molecule has 0 saturated heterocycles. The summed E-state index contributed by atoms with van der Waals surface area (Å²) in [4.78, 5) is 28.0. The summed E-state index contributed by atoms with van der Waals surface area (Å²) in [7, 11) is 0. The van der Waals surface area contributed by atoms with Crippen molar-refractivity contribution in [1.82, 2.24) is 0 Å². The van der Waals surface area contributed by atoms with Crippen LogP contribution in [-0.2, 0) is 14.3 Å². The summed E-state index contributed by atoms with van der Waals surface area (Å²) in [6.45, 7) is 3.90. The predicted molar refractivity (Wildman–Crippen MR) is 98.8 cm³/mol. The molecular weight excluding hydrogens is 330 g/mol. The third kappa shape index (κ3) is 4.25. The fourth-order valence-corrected chi connectivity index (χ4v) is 2.44. The minimum atomic E-state index is -0.506. The van der Waals surface area contributed by atoms with E-state index < -0.39 is 5.97 Å². The summed E-state index contributed by atoms with van der Waals surface area (Å²) in [5, 5.41) is 0. The molecule has 0 aromatic heterocycles. The maximum atomic E-state index is 12.1. The SMILES string of the molecule is CCCC(=O)Oc1cccc(/C=C2\N=C(c3ccc(C)cc3)OC2=O)c1. The fraction of sp³-hybridized carbons (Fsp3) is 0.190. The number of carbonyl (C=O) groups excluding carboxylic acids is 2. The smallest absolute Gasteiger partial charge is 0.363 e. The van der Waals surface area contributed by atoms with Gasteiger partial charge in [-0.25, -0.2) is 9.79 Å². The van der Waals surface area contributed by atoms with E-state index in [1.807, 2.05) is 38.1 Å². The fourth-order valence-electron chi connectivity index (χ4n) is 2.44. The third-order valence-corrected chi connectivity index (χ3v) is 3.77. The summed E-state index contributed by atoms with van der Waals surface area (Å²) < 4.78 is 10.5. The van der Waals surface area contributed by atoms with E-state index in [1.165, 1.54) is 0 Å². The lowest BCUT2D eigenvalue weighted by Crippen LogP contribution is -2.06. The van der Waals surface area contributed by atoms with Gasteiger partial charge in [0.2, 0.25) is 5.90 Å². The Morgan fingerprint density at radius 3 is 2.69 bits per heavy atom. The zero-order chi connectivity index (χ0) is 18.5. The summed E-state index contributed by atoms with van der Waals surface area (Å²) in [6, 6.07) is 14.5. The normalized spacial score (nSPS) is 14.9. The molecule has 0 amide bonds. The monoisotopic (exact) mass is 349 g/mol. The Morgan fingerprint density at radius 2 is 1.96 bits per heavy atom. The molecular formula is C21H19NO4. The highest BCUT2D eigenvalue weighted by Crippen LogP contribution is 2.21. The molecule has 132 valence electrons. The van der Waals surface area contributed by atoms with E-state index in [9.17, 15) is 9.59 Å². The molecule has 1 aliphatic rings. The van der Waals surface area contributed by atoms with Crippen molar-refractivity contribution in [2.75, 3.05) is 0 Å². The maximum Gasteiger partial charge on any atom is 0.363 e. The van der Waals surface area contributed by atoms with Gasteiger partial charge in [0.15, 0.2) is 5.70 Å². The first kappa shape index (κ1) is 17.6. The number of rotatable bonds is 5. The average Bonchev–Trinajstić information content (AvgIpc) is 2.96. The van der Waals surface area contributed by atoms with Gasteiger partial charge < -0.3 is 9.47 Å². The van der Waals surface area contributed by atoms with E-state index in [4.69, 9.17) is 9.47 Å². The molecule has 0 atom stereocenters. The number of hydrogen-bond donors (Lipinski definition) is 0. The summed E-state index contributed by atoms with van der Waals surface area (Å²) >= 11 is 0. The maximum absolute atomic E-state index is 12.1. The van der Waals surface area contributed by atoms with Gasteiger partial charge in [-0.3, -0.25) is 4.79 Å². The second-order valence-electron chi connectivity index (χ2n) is 6.00. The number of esters is 2. The number of nitrogens with zero attached hydrogens (tertiary/aromatic N) is 1. The van der Waals surface area contributed by atoms with Crippen LogP contribution >= 0.6 is 0 Å². The second kappa shape index (κ2) is 7.78. The highest BCUT2D eigenvalue weighted by atomic mass is 16.6. The molecule has 3 rings (SSSR count). The predicted octanol–water partition coefficient (Wildman–Crippen LogP) is 4.05. The van der Waals surface area contributed by atoms with Crippen molar-refractivity contribution in [3.05, 3.63) is 70.9 Å². The number of carbonyl (C=O) groups is 2. The minimum Gasteiger partial charge on any atom is -0.427 e. The standard InChI is InChI=1S/C21H19NO4/c1-3-5-19(23)25-17-7-4-6-15(12-17)13-18-21(24)26-20(22-18)16-10-8-14(2)9-11-16/h4,6-13H,3,5H2,1-2H3/b18-13-. The molecule has 0 aliphatic carbocycles. The Hall–Kier alpha value is -3.21. The van der Waals surface area contributed by atoms with Gasteiger partial charge in [0.25, 0.3) is 0 Å². The van der Waals surface area contributed by atoms with E-state index in [2.05, 4.69) is 4.99 Å². The van der Waals surface area contributed by atoms with Crippen LogP contribution < -0.4 is 4.74 Å². The number of aryl methyl sites for hydroxylation is 1. The van der Waals surface area contributed by atoms with Gasteiger partial charge in [-0.1, -0.05) is 36.8 Å². The van der Waals surface area contributed by atoms with Crippen molar-refractivity contribution in [2.45, 2.75) is 26.7 Å². The van der Waals surface area contributed by atoms with Gasteiger partial charge >= 0.3 is 11.9 Å². The summed E-state index contributed by atoms with van der Waals surface area (Å²) in [6.07, 6.45) is 2.70. The Balaban J connectivity index is 1.82. The molecule has 5 nitrogen and oxygen atoms in total. The van der Waals surface area contributed by atoms with Crippen molar-refractivity contribution in [2.24, 2.45) is 4.99 Å². The van der Waals surface area contributed by atoms with Crippen molar-refractivity contribution < 1.29 is 19.1 Å². The Kier molecular flexibility index (Phi) is 5.27. The Labute approximate surface area is 152 Å². The van der Waals surface area contributed by atoms with Crippen LogP contribution in [0.1, 0.15) is 36.5 Å². The summed E-state index contributed by atoms with van der Waals surface area (Å²) in [5.41, 5.74) is 2.77. The molecule has 5 heteroatoms. The molecule has 0 fully saturated rings. The van der Waals surface area contributed by atoms with Crippen molar-refractivity contribution >= 4 is 23.9 Å². The molecule has 1 heterocycles. The van der Waals surface area contributed by atoms with Crippen LogP contribution in [0.2, 0.25) is 0 Å². The number of ether oxygens (including phenoxy) is 2. The van der Waals surface area contributed by atoms with Crippen LogP contribution in [-0.4, -0.2) is 17.8 Å². The quantitative estimate of drug-likeness (QED) is 0.464. The zero-order valence-corrected chi connectivity index (χ0v) is 14.7. The lowest BCUT2D eigenvalue weighted by Gasteiger charge is -2.04. The zero-order valence-electron chi connectivity index (χ0n) is 14.7. The van der Waals surface area contributed by atoms with Crippen molar-refractivity contribution in [1.29, 1.82) is 0 Å². The van der Waals surface area contributed by atoms with Gasteiger partial charge in [0.05, 0.1) is 0 Å². The van der Waals surface area contributed by atoms with Crippen molar-refractivity contribution in [3.63, 3.8) is 0 Å². The van der Waals surface area contributed by atoms with Crippen molar-refractivity contribution in [3.8, 4) is 5.75 Å². The van der Waals surface area contributed by atoms with Crippen LogP contribution in [0.25, 0.3) is 6.08 Å². The lowest BCUT2D eigenvalue weighted by atomic mass is 10.1. The average molecular weight is 349 g/mol. The van der Waals surface area contributed by atoms with E-state index in [0.717, 1.165) is 17.5 Å². The summed E-state index contributed by atoms with van der Waals surface area (Å²) in [5.74, 6) is -0.0649. The third-order valence-electron chi connectivity index (χ3n) is 3.77. The molecule has 2 aromatic rings. The highest BCUT2D eigenvalue weighted by Gasteiger charge is 2.24. The van der Waals surface area contributed by atoms with E-state index in [-0.39, 0.29) is 17.6 Å². The number of cyclic esters (lactones) is 1. The molecule has 0 spiro atoms. The van der Waals surface area contributed by atoms with Crippen LogP contribution in [0.4, 0.5) is 0 Å². The molecule has 1 aliphatic heterocycles. The second-order valence-corrected chi connectivity index (χ2v) is 6.00. The molecule has 0 radical (unpaired) electrons. The lowest BCUT2D eigenvalue weighted by molar-refractivity contribution is -0.134. The first-order valence-corrected chi connectivity index (χ1v) is 8.45. The van der Waals surface area contributed by atoms with E-state index in [1.54, 1.807) is 30.3 Å². The molecule has 0 unspecified atom stereocenters. The molecule has 0 bridgehead atoms. The van der Waals surface area contributed by atoms with Gasteiger partial charge in [0, 0.05) is 12.0 Å². The van der Waals surface area contributed by atoms with Gasteiger partial charge in [-0.2, -0.15) is 0 Å². The van der Waals surface area contributed by atoms with Crippen LogP contribution in [0.15, 0.2) is 59.2 Å². The number of hydrogen-bond acceptors (Lipinski definition) is 5. The first-order valence-electron chi connectivity index (χ1n) is 8.45. The van der Waals surface area contributed by atoms with E-state index >= 15 is 0 Å².